The Labute approximate surface area is 230 Å². The highest BCUT2D eigenvalue weighted by Gasteiger charge is 2.73. The third-order valence-corrected chi connectivity index (χ3v) is 11.2. The number of allylic oxidation sites excluding steroid dienone is 6. The SMILES string of the molecule is CSc1cc2c(cc1SC)[N+]1(CC1C(=O)O)C(=CC=CC=CC=C1SC(=S)[N+]3(CC3C(=O)O)C1=O)S2. The quantitative estimate of drug-likeness (QED) is 0.119. The monoisotopic (exact) mass is 578 g/mol. The molecule has 0 saturated carbocycles. The van der Waals surface area contributed by atoms with E-state index in [4.69, 9.17) is 12.2 Å². The van der Waals surface area contributed by atoms with Gasteiger partial charge in [-0.05, 0) is 60.4 Å². The van der Waals surface area contributed by atoms with E-state index >= 15 is 0 Å². The fraction of sp³-hybridized carbons (Fsp3) is 0.250. The minimum atomic E-state index is -1.00. The third-order valence-electron chi connectivity index (χ3n) is 6.71. The smallest absolute Gasteiger partial charge is 0.369 e. The molecule has 1 aromatic carbocycles. The van der Waals surface area contributed by atoms with Crippen molar-refractivity contribution < 1.29 is 29.1 Å². The van der Waals surface area contributed by atoms with E-state index in [-0.39, 0.29) is 16.9 Å². The van der Waals surface area contributed by atoms with Crippen LogP contribution in [0.4, 0.5) is 5.69 Å². The van der Waals surface area contributed by atoms with Gasteiger partial charge in [-0.1, -0.05) is 24.3 Å². The Bertz CT molecular complexity index is 1350. The van der Waals surface area contributed by atoms with Crippen LogP contribution in [0.3, 0.4) is 0 Å². The Kier molecular flexibility index (Phi) is 6.82. The normalized spacial score (nSPS) is 32.6. The molecule has 186 valence electrons. The fourth-order valence-corrected chi connectivity index (χ4v) is 9.14. The second-order valence-electron chi connectivity index (χ2n) is 8.57. The Morgan fingerprint density at radius 1 is 0.944 bits per heavy atom. The number of thiocarbonyl (C=S) groups is 1. The summed E-state index contributed by atoms with van der Waals surface area (Å²) in [6.07, 6.45) is 14.9. The molecule has 4 aliphatic heterocycles. The zero-order valence-corrected chi connectivity index (χ0v) is 23.3. The van der Waals surface area contributed by atoms with Crippen LogP contribution in [0.25, 0.3) is 0 Å². The Morgan fingerprint density at radius 3 is 2.11 bits per heavy atom. The van der Waals surface area contributed by atoms with E-state index in [0.29, 0.717) is 20.3 Å². The minimum absolute atomic E-state index is 0.225. The molecule has 0 aromatic heterocycles. The number of hydrogen-bond acceptors (Lipinski definition) is 8. The summed E-state index contributed by atoms with van der Waals surface area (Å²) in [5.41, 5.74) is 1.05. The zero-order chi connectivity index (χ0) is 25.8. The molecule has 3 fully saturated rings. The Balaban J connectivity index is 1.33. The number of carboxylic acid groups (broad SMARTS) is 2. The molecule has 12 heteroatoms. The molecular formula is C24H22N2O5S5+2. The highest BCUT2D eigenvalue weighted by Crippen LogP contribution is 2.60. The third kappa shape index (κ3) is 3.94. The van der Waals surface area contributed by atoms with Crippen molar-refractivity contribution in [2.24, 2.45) is 0 Å². The van der Waals surface area contributed by atoms with E-state index in [9.17, 15) is 24.6 Å². The first kappa shape index (κ1) is 25.8. The summed E-state index contributed by atoms with van der Waals surface area (Å²) in [7, 11) is 0. The van der Waals surface area contributed by atoms with E-state index in [1.54, 1.807) is 53.5 Å². The average Bonchev–Trinajstić information content (AvgIpc) is 3.73. The summed E-state index contributed by atoms with van der Waals surface area (Å²) in [5, 5.41) is 20.0. The van der Waals surface area contributed by atoms with Gasteiger partial charge in [0.1, 0.15) is 4.91 Å². The number of carbonyl (C=O) groups excluding carboxylic acids is 1. The first-order valence-corrected chi connectivity index (χ1v) is 15.4. The maximum Gasteiger partial charge on any atom is 0.369 e. The lowest BCUT2D eigenvalue weighted by atomic mass is 10.3. The van der Waals surface area contributed by atoms with E-state index in [1.807, 2.05) is 30.7 Å². The minimum Gasteiger partial charge on any atom is -0.477 e. The van der Waals surface area contributed by atoms with Crippen molar-refractivity contribution in [1.29, 1.82) is 0 Å². The lowest BCUT2D eigenvalue weighted by Gasteiger charge is -2.14. The summed E-state index contributed by atoms with van der Waals surface area (Å²) in [6.45, 7) is 0.767. The number of carboxylic acids is 2. The predicted octanol–water partition coefficient (Wildman–Crippen LogP) is 4.69. The molecule has 0 radical (unpaired) electrons. The fourth-order valence-electron chi connectivity index (χ4n) is 4.66. The van der Waals surface area contributed by atoms with Crippen LogP contribution in [0.2, 0.25) is 0 Å². The predicted molar refractivity (Wildman–Crippen MR) is 150 cm³/mol. The molecule has 2 N–H and O–H groups in total. The second-order valence-corrected chi connectivity index (χ2v) is 13.0. The Hall–Kier alpha value is -1.80. The lowest BCUT2D eigenvalue weighted by molar-refractivity contribution is -0.614. The number of nitrogens with zero attached hydrogens (tertiary/aromatic N) is 2. The summed E-state index contributed by atoms with van der Waals surface area (Å²) >= 11 is 11.4. The highest BCUT2D eigenvalue weighted by atomic mass is 32.2. The number of hydrogen-bond donors (Lipinski definition) is 2. The molecule has 4 aliphatic rings. The van der Waals surface area contributed by atoms with Gasteiger partial charge in [-0.2, -0.15) is 4.48 Å². The van der Waals surface area contributed by atoms with Gasteiger partial charge in [0.25, 0.3) is 6.04 Å². The number of thioether (sulfide) groups is 4. The maximum absolute atomic E-state index is 12.7. The molecule has 4 atom stereocenters. The Morgan fingerprint density at radius 2 is 1.53 bits per heavy atom. The summed E-state index contributed by atoms with van der Waals surface area (Å²) in [4.78, 5) is 39.7. The highest BCUT2D eigenvalue weighted by molar-refractivity contribution is 8.26. The number of amides is 1. The molecule has 0 bridgehead atoms. The van der Waals surface area contributed by atoms with Crippen LogP contribution in [0, 0.1) is 0 Å². The molecule has 5 rings (SSSR count). The van der Waals surface area contributed by atoms with Crippen molar-refractivity contribution in [2.45, 2.75) is 26.8 Å². The van der Waals surface area contributed by atoms with Crippen LogP contribution < -0.4 is 4.48 Å². The van der Waals surface area contributed by atoms with E-state index in [0.717, 1.165) is 32.3 Å². The van der Waals surface area contributed by atoms with Gasteiger partial charge in [-0.15, -0.1) is 23.5 Å². The molecular weight excluding hydrogens is 557 g/mol. The van der Waals surface area contributed by atoms with Crippen molar-refractivity contribution in [3.8, 4) is 0 Å². The summed E-state index contributed by atoms with van der Waals surface area (Å²) < 4.78 is 0.485. The first-order chi connectivity index (χ1) is 17.2. The molecule has 4 unspecified atom stereocenters. The van der Waals surface area contributed by atoms with Crippen molar-refractivity contribution in [3.05, 3.63) is 58.5 Å². The van der Waals surface area contributed by atoms with Crippen molar-refractivity contribution in [2.75, 3.05) is 25.6 Å². The molecule has 7 nitrogen and oxygen atoms in total. The molecule has 36 heavy (non-hydrogen) atoms. The topological polar surface area (TPSA) is 91.7 Å². The van der Waals surface area contributed by atoms with Crippen LogP contribution in [-0.2, 0) is 14.4 Å². The van der Waals surface area contributed by atoms with Gasteiger partial charge in [0, 0.05) is 21.9 Å². The van der Waals surface area contributed by atoms with Crippen molar-refractivity contribution in [1.82, 2.24) is 4.48 Å². The average molecular weight is 579 g/mol. The number of fused-ring (bicyclic) bond motifs is 2. The van der Waals surface area contributed by atoms with Crippen molar-refractivity contribution in [3.63, 3.8) is 0 Å². The van der Waals surface area contributed by atoms with Crippen LogP contribution in [0.15, 0.2) is 73.2 Å². The number of quaternary nitrogens is 2. The van der Waals surface area contributed by atoms with E-state index < -0.39 is 24.0 Å². The van der Waals surface area contributed by atoms with Gasteiger partial charge in [0.05, 0.1) is 4.90 Å². The van der Waals surface area contributed by atoms with E-state index in [1.165, 1.54) is 4.90 Å². The van der Waals surface area contributed by atoms with Crippen LogP contribution in [-0.4, -0.2) is 74.5 Å². The standard InChI is InChI=1S/C24H20N2O5S5/c1-33-18-9-13-17(10-19(18)34-2)35-20(25(13)11-14(25)22(28)29)8-6-4-3-5-7-16-21(27)26(24(32)36-16)12-15(26)23(30)31/h3-10,14-15H,11-12H2,1-2H3/p+2. The molecule has 4 heterocycles. The van der Waals surface area contributed by atoms with Gasteiger partial charge in [0.15, 0.2) is 23.8 Å². The largest absolute Gasteiger partial charge is 0.477 e. The molecule has 3 saturated heterocycles. The van der Waals surface area contributed by atoms with Gasteiger partial charge in [-0.25, -0.2) is 18.9 Å². The summed E-state index contributed by atoms with van der Waals surface area (Å²) in [6, 6.07) is 3.04. The van der Waals surface area contributed by atoms with Gasteiger partial charge < -0.3 is 10.2 Å². The van der Waals surface area contributed by atoms with Gasteiger partial charge in [-0.3, -0.25) is 0 Å². The number of carbonyl (C=O) groups is 3. The molecule has 1 aromatic rings. The van der Waals surface area contributed by atoms with Crippen LogP contribution in [0.5, 0.6) is 0 Å². The molecule has 0 aliphatic carbocycles. The van der Waals surface area contributed by atoms with E-state index in [2.05, 4.69) is 12.1 Å². The zero-order valence-electron chi connectivity index (χ0n) is 19.2. The van der Waals surface area contributed by atoms with Crippen LogP contribution >= 0.6 is 59.3 Å². The molecule has 1 amide bonds. The maximum atomic E-state index is 12.7. The summed E-state index contributed by atoms with van der Waals surface area (Å²) in [5.74, 6) is -2.05. The second kappa shape index (κ2) is 9.50. The van der Waals surface area contributed by atoms with Gasteiger partial charge in [0.2, 0.25) is 10.4 Å². The molecule has 2 spiro atoms. The van der Waals surface area contributed by atoms with Crippen molar-refractivity contribution >= 4 is 87.1 Å². The number of rotatable bonds is 7. The number of aliphatic carboxylic acids is 2. The number of benzene rings is 1. The first-order valence-electron chi connectivity index (χ1n) is 10.9. The van der Waals surface area contributed by atoms with Gasteiger partial charge >= 0.3 is 17.8 Å². The lowest BCUT2D eigenvalue weighted by Crippen LogP contribution is -2.36. The van der Waals surface area contributed by atoms with Crippen LogP contribution in [0.1, 0.15) is 0 Å².